The van der Waals surface area contributed by atoms with Crippen LogP contribution in [0, 0.1) is 13.8 Å². The Morgan fingerprint density at radius 1 is 0.806 bits per heavy atom. The molecule has 1 aromatic heterocycles. The summed E-state index contributed by atoms with van der Waals surface area (Å²) in [5.41, 5.74) is 7.77. The molecular weight excluding hydrogens is 406 g/mol. The minimum absolute atomic E-state index is 0.0894. The van der Waals surface area contributed by atoms with E-state index in [1.165, 1.54) is 16.7 Å². The van der Waals surface area contributed by atoms with Crippen molar-refractivity contribution in [3.63, 3.8) is 0 Å². The van der Waals surface area contributed by atoms with Crippen LogP contribution in [0.2, 0.25) is 0 Å². The number of nitrogens with two attached hydrogens (primary N) is 1. The largest absolute Gasteiger partial charge is 0.267 e. The fourth-order valence-electron chi connectivity index (χ4n) is 3.13. The van der Waals surface area contributed by atoms with Crippen LogP contribution >= 0.6 is 0 Å². The minimum Gasteiger partial charge on any atom is -0.267 e. The molecule has 0 saturated carbocycles. The zero-order chi connectivity index (χ0) is 22.4. The van der Waals surface area contributed by atoms with Crippen molar-refractivity contribution in [3.05, 3.63) is 102 Å². The summed E-state index contributed by atoms with van der Waals surface area (Å²) in [5.74, 6) is -0.0894. The summed E-state index contributed by atoms with van der Waals surface area (Å²) in [5, 5.41) is 9.47. The molecule has 0 aliphatic carbocycles. The lowest BCUT2D eigenvalue weighted by Crippen LogP contribution is -2.14. The van der Waals surface area contributed by atoms with Crippen molar-refractivity contribution >= 4 is 10.0 Å². The maximum Gasteiger partial charge on any atom is 0.213 e. The third kappa shape index (κ3) is 6.64. The standard InChI is InChI=1S/C18H18N2.C7H9NO2S/c1-13-4-8-15(9-5-13)17-12-18(20(3)19-17)16-10-6-14(2)7-11-16;8-11(9,10)6-7-4-2-1-3-5-7/h4-12H,1-3H3;1-5H,6H2,(H2,8,9,10). The Labute approximate surface area is 184 Å². The monoisotopic (exact) mass is 433 g/mol. The molecule has 0 aliphatic heterocycles. The van der Waals surface area contributed by atoms with Gasteiger partial charge in [-0.1, -0.05) is 90.0 Å². The Morgan fingerprint density at radius 3 is 1.84 bits per heavy atom. The van der Waals surface area contributed by atoms with Gasteiger partial charge in [0, 0.05) is 12.6 Å². The van der Waals surface area contributed by atoms with Crippen molar-refractivity contribution in [3.8, 4) is 22.5 Å². The Balaban J connectivity index is 0.000000210. The SMILES string of the molecule is Cc1ccc(-c2cc(-c3ccc(C)cc3)n(C)n2)cc1.NS(=O)(=O)Cc1ccccc1. The molecular formula is C25H27N3O2S. The molecule has 6 heteroatoms. The van der Waals surface area contributed by atoms with Crippen molar-refractivity contribution in [2.24, 2.45) is 12.2 Å². The van der Waals surface area contributed by atoms with Crippen LogP contribution in [0.25, 0.3) is 22.5 Å². The van der Waals surface area contributed by atoms with Crippen LogP contribution < -0.4 is 5.14 Å². The van der Waals surface area contributed by atoms with Crippen LogP contribution in [0.5, 0.6) is 0 Å². The molecule has 0 atom stereocenters. The molecule has 4 rings (SSSR count). The first-order valence-electron chi connectivity index (χ1n) is 9.94. The lowest BCUT2D eigenvalue weighted by molar-refractivity contribution is 0.597. The lowest BCUT2D eigenvalue weighted by Gasteiger charge is -2.01. The molecule has 5 nitrogen and oxygen atoms in total. The molecule has 0 saturated heterocycles. The molecule has 1 heterocycles. The first-order valence-corrected chi connectivity index (χ1v) is 11.7. The molecule has 0 spiro atoms. The second-order valence-corrected chi connectivity index (χ2v) is 9.18. The van der Waals surface area contributed by atoms with Crippen molar-refractivity contribution in [2.75, 3.05) is 0 Å². The van der Waals surface area contributed by atoms with Crippen LogP contribution in [0.3, 0.4) is 0 Å². The average Bonchev–Trinajstić information content (AvgIpc) is 3.11. The van der Waals surface area contributed by atoms with Gasteiger partial charge in [-0.3, -0.25) is 4.68 Å². The van der Waals surface area contributed by atoms with Crippen molar-refractivity contribution in [2.45, 2.75) is 19.6 Å². The smallest absolute Gasteiger partial charge is 0.213 e. The van der Waals surface area contributed by atoms with Crippen molar-refractivity contribution < 1.29 is 8.42 Å². The number of rotatable bonds is 4. The molecule has 160 valence electrons. The van der Waals surface area contributed by atoms with E-state index in [4.69, 9.17) is 5.14 Å². The number of hydrogen-bond donors (Lipinski definition) is 1. The molecule has 0 amide bonds. The molecule has 0 fully saturated rings. The van der Waals surface area contributed by atoms with E-state index in [-0.39, 0.29) is 5.75 Å². The van der Waals surface area contributed by atoms with E-state index in [0.717, 1.165) is 22.5 Å². The first kappa shape index (κ1) is 22.5. The number of sulfonamides is 1. The van der Waals surface area contributed by atoms with Gasteiger partial charge in [-0.25, -0.2) is 13.6 Å². The van der Waals surface area contributed by atoms with Crippen molar-refractivity contribution in [1.29, 1.82) is 0 Å². The topological polar surface area (TPSA) is 78.0 Å². The van der Waals surface area contributed by atoms with E-state index in [1.54, 1.807) is 24.3 Å². The van der Waals surface area contributed by atoms with Gasteiger partial charge in [0.15, 0.2) is 0 Å². The van der Waals surface area contributed by atoms with Crippen LogP contribution in [-0.4, -0.2) is 18.2 Å². The average molecular weight is 434 g/mol. The highest BCUT2D eigenvalue weighted by molar-refractivity contribution is 7.88. The van der Waals surface area contributed by atoms with E-state index in [2.05, 4.69) is 73.5 Å². The maximum absolute atomic E-state index is 10.6. The van der Waals surface area contributed by atoms with Gasteiger partial charge in [0.05, 0.1) is 17.1 Å². The van der Waals surface area contributed by atoms with Gasteiger partial charge >= 0.3 is 0 Å². The predicted molar refractivity (Wildman–Crippen MR) is 127 cm³/mol. The van der Waals surface area contributed by atoms with Crippen LogP contribution in [0.4, 0.5) is 0 Å². The van der Waals surface area contributed by atoms with Gasteiger partial charge in [0.25, 0.3) is 0 Å². The zero-order valence-electron chi connectivity index (χ0n) is 18.0. The Bertz CT molecular complexity index is 1230. The summed E-state index contributed by atoms with van der Waals surface area (Å²) >= 11 is 0. The van der Waals surface area contributed by atoms with E-state index in [0.29, 0.717) is 0 Å². The fourth-order valence-corrected chi connectivity index (χ4v) is 3.79. The van der Waals surface area contributed by atoms with Gasteiger partial charge in [0.1, 0.15) is 0 Å². The lowest BCUT2D eigenvalue weighted by atomic mass is 10.1. The highest BCUT2D eigenvalue weighted by atomic mass is 32.2. The van der Waals surface area contributed by atoms with Crippen LogP contribution in [0.15, 0.2) is 84.9 Å². The molecule has 4 aromatic rings. The summed E-state index contributed by atoms with van der Waals surface area (Å²) < 4.78 is 23.1. The third-order valence-corrected chi connectivity index (χ3v) is 5.52. The molecule has 0 unspecified atom stereocenters. The number of aryl methyl sites for hydroxylation is 3. The summed E-state index contributed by atoms with van der Waals surface area (Å²) in [7, 11) is -1.38. The minimum atomic E-state index is -3.38. The second kappa shape index (κ2) is 9.73. The van der Waals surface area contributed by atoms with Crippen molar-refractivity contribution in [1.82, 2.24) is 9.78 Å². The zero-order valence-corrected chi connectivity index (χ0v) is 18.8. The fraction of sp³-hybridized carbons (Fsp3) is 0.160. The number of primary sulfonamides is 1. The maximum atomic E-state index is 10.6. The van der Waals surface area contributed by atoms with Gasteiger partial charge in [-0.15, -0.1) is 0 Å². The van der Waals surface area contributed by atoms with E-state index < -0.39 is 10.0 Å². The van der Waals surface area contributed by atoms with E-state index in [1.807, 2.05) is 17.8 Å². The number of nitrogens with zero attached hydrogens (tertiary/aromatic N) is 2. The summed E-state index contributed by atoms with van der Waals surface area (Å²) in [4.78, 5) is 0. The van der Waals surface area contributed by atoms with Crippen LogP contribution in [0.1, 0.15) is 16.7 Å². The number of benzene rings is 3. The highest BCUT2D eigenvalue weighted by Gasteiger charge is 2.09. The molecule has 2 N–H and O–H groups in total. The number of aromatic nitrogens is 2. The van der Waals surface area contributed by atoms with Gasteiger partial charge in [-0.2, -0.15) is 5.10 Å². The Kier molecular flexibility index (Phi) is 7.05. The van der Waals surface area contributed by atoms with E-state index in [9.17, 15) is 8.42 Å². The molecule has 3 aromatic carbocycles. The van der Waals surface area contributed by atoms with Crippen LogP contribution in [-0.2, 0) is 22.8 Å². The van der Waals surface area contributed by atoms with E-state index >= 15 is 0 Å². The Hall–Kier alpha value is -3.22. The molecule has 0 radical (unpaired) electrons. The highest BCUT2D eigenvalue weighted by Crippen LogP contribution is 2.26. The van der Waals surface area contributed by atoms with Gasteiger partial charge in [0.2, 0.25) is 10.0 Å². The van der Waals surface area contributed by atoms with Gasteiger partial charge in [-0.05, 0) is 31.0 Å². The normalized spacial score (nSPS) is 11.0. The summed E-state index contributed by atoms with van der Waals surface area (Å²) in [6.45, 7) is 4.20. The summed E-state index contributed by atoms with van der Waals surface area (Å²) in [6.07, 6.45) is 0. The molecule has 0 aliphatic rings. The Morgan fingerprint density at radius 2 is 1.32 bits per heavy atom. The number of hydrogen-bond acceptors (Lipinski definition) is 3. The predicted octanol–water partition coefficient (Wildman–Crippen LogP) is 4.85. The second-order valence-electron chi connectivity index (χ2n) is 7.56. The first-order chi connectivity index (χ1) is 14.7. The molecule has 31 heavy (non-hydrogen) atoms. The quantitative estimate of drug-likeness (QED) is 0.500. The summed E-state index contributed by atoms with van der Waals surface area (Å²) in [6, 6.07) is 28.0. The third-order valence-electron chi connectivity index (χ3n) is 4.79. The molecule has 0 bridgehead atoms. The van der Waals surface area contributed by atoms with Gasteiger partial charge < -0.3 is 0 Å².